The number of sulfonamides is 1. The van der Waals surface area contributed by atoms with E-state index in [1.54, 1.807) is 13.2 Å². The molecule has 1 aliphatic heterocycles. The summed E-state index contributed by atoms with van der Waals surface area (Å²) in [5.74, 6) is 0. The molecule has 0 spiro atoms. The number of thiophene rings is 1. The van der Waals surface area contributed by atoms with Gasteiger partial charge in [-0.1, -0.05) is 11.6 Å². The summed E-state index contributed by atoms with van der Waals surface area (Å²) in [6.45, 7) is 2.72. The van der Waals surface area contributed by atoms with E-state index in [4.69, 9.17) is 16.3 Å². The zero-order valence-electron chi connectivity index (χ0n) is 11.3. The Bertz CT molecular complexity index is 533. The molecule has 1 aromatic rings. The number of hydrogen-bond donors (Lipinski definition) is 2. The van der Waals surface area contributed by atoms with Crippen LogP contribution in [0.1, 0.15) is 12.8 Å². The van der Waals surface area contributed by atoms with Crippen molar-refractivity contribution < 1.29 is 13.2 Å². The van der Waals surface area contributed by atoms with Crippen molar-refractivity contribution in [3.05, 3.63) is 16.5 Å². The Morgan fingerprint density at radius 3 is 2.70 bits per heavy atom. The average molecular weight is 339 g/mol. The largest absolute Gasteiger partial charge is 0.384 e. The second-order valence-corrected chi connectivity index (χ2v) is 8.77. The molecule has 0 atom stereocenters. The maximum absolute atomic E-state index is 12.2. The molecule has 2 heterocycles. The minimum Gasteiger partial charge on any atom is -0.384 e. The lowest BCUT2D eigenvalue weighted by Crippen LogP contribution is -2.47. The lowest BCUT2D eigenvalue weighted by molar-refractivity contribution is 0.0577. The standard InChI is InChI=1S/C12H19ClN2O3S2/c1-18-9-12(4-6-14-7-5-12)8-15-20(16,17)11-3-2-10(13)19-11/h2-3,14-15H,4-9H2,1H3. The zero-order chi connectivity index (χ0) is 14.6. The second kappa shape index (κ2) is 6.72. The molecule has 0 unspecified atom stereocenters. The van der Waals surface area contributed by atoms with Gasteiger partial charge in [-0.05, 0) is 38.1 Å². The van der Waals surface area contributed by atoms with Crippen molar-refractivity contribution in [1.82, 2.24) is 10.0 Å². The van der Waals surface area contributed by atoms with Gasteiger partial charge in [0.2, 0.25) is 10.0 Å². The van der Waals surface area contributed by atoms with Crippen molar-refractivity contribution in [2.24, 2.45) is 5.41 Å². The predicted octanol–water partition coefficient (Wildman–Crippen LogP) is 1.70. The average Bonchev–Trinajstić information content (AvgIpc) is 2.86. The molecule has 2 N–H and O–H groups in total. The minimum absolute atomic E-state index is 0.131. The van der Waals surface area contributed by atoms with Crippen molar-refractivity contribution in [1.29, 1.82) is 0 Å². The van der Waals surface area contributed by atoms with Crippen LogP contribution in [-0.2, 0) is 14.8 Å². The molecule has 20 heavy (non-hydrogen) atoms. The van der Waals surface area contributed by atoms with Crippen LogP contribution in [0, 0.1) is 5.41 Å². The Labute approximate surface area is 128 Å². The fraction of sp³-hybridized carbons (Fsp3) is 0.667. The second-order valence-electron chi connectivity index (χ2n) is 5.07. The van der Waals surface area contributed by atoms with Gasteiger partial charge < -0.3 is 10.1 Å². The molecular weight excluding hydrogens is 320 g/mol. The van der Waals surface area contributed by atoms with Gasteiger partial charge in [0.25, 0.3) is 0 Å². The molecule has 8 heteroatoms. The molecule has 0 aliphatic carbocycles. The molecular formula is C12H19ClN2O3S2. The van der Waals surface area contributed by atoms with Crippen LogP contribution in [0.2, 0.25) is 4.34 Å². The Morgan fingerprint density at radius 2 is 2.15 bits per heavy atom. The highest BCUT2D eigenvalue weighted by Gasteiger charge is 2.33. The lowest BCUT2D eigenvalue weighted by Gasteiger charge is -2.37. The predicted molar refractivity (Wildman–Crippen MR) is 80.9 cm³/mol. The zero-order valence-corrected chi connectivity index (χ0v) is 13.7. The summed E-state index contributed by atoms with van der Waals surface area (Å²) in [4.78, 5) is 0. The van der Waals surface area contributed by atoms with Crippen LogP contribution in [-0.4, -0.2) is 41.8 Å². The van der Waals surface area contributed by atoms with E-state index in [1.165, 1.54) is 6.07 Å². The molecule has 5 nitrogen and oxygen atoms in total. The monoisotopic (exact) mass is 338 g/mol. The number of rotatable bonds is 6. The quantitative estimate of drug-likeness (QED) is 0.828. The molecule has 1 saturated heterocycles. The molecule has 1 aromatic heterocycles. The normalized spacial score (nSPS) is 19.1. The van der Waals surface area contributed by atoms with E-state index in [2.05, 4.69) is 10.0 Å². The van der Waals surface area contributed by atoms with E-state index in [0.29, 0.717) is 17.5 Å². The summed E-state index contributed by atoms with van der Waals surface area (Å²) in [6, 6.07) is 3.12. The van der Waals surface area contributed by atoms with Crippen LogP contribution < -0.4 is 10.0 Å². The number of nitrogens with one attached hydrogen (secondary N) is 2. The topological polar surface area (TPSA) is 67.4 Å². The van der Waals surface area contributed by atoms with Crippen LogP contribution in [0.25, 0.3) is 0 Å². The summed E-state index contributed by atoms with van der Waals surface area (Å²) in [6.07, 6.45) is 1.79. The Morgan fingerprint density at radius 1 is 1.45 bits per heavy atom. The maximum atomic E-state index is 12.2. The summed E-state index contributed by atoms with van der Waals surface area (Å²) in [7, 11) is -1.84. The van der Waals surface area contributed by atoms with Crippen LogP contribution >= 0.6 is 22.9 Å². The van der Waals surface area contributed by atoms with Gasteiger partial charge in [-0.2, -0.15) is 0 Å². The third kappa shape index (κ3) is 3.93. The molecule has 0 aromatic carbocycles. The number of methoxy groups -OCH3 is 1. The Hall–Kier alpha value is -0.180. The fourth-order valence-corrected chi connectivity index (χ4v) is 5.08. The fourth-order valence-electron chi connectivity index (χ4n) is 2.40. The van der Waals surface area contributed by atoms with Crippen LogP contribution in [0.4, 0.5) is 0 Å². The van der Waals surface area contributed by atoms with E-state index in [0.717, 1.165) is 37.3 Å². The lowest BCUT2D eigenvalue weighted by atomic mass is 9.80. The van der Waals surface area contributed by atoms with Crippen molar-refractivity contribution >= 4 is 33.0 Å². The van der Waals surface area contributed by atoms with E-state index in [9.17, 15) is 8.42 Å². The van der Waals surface area contributed by atoms with E-state index in [1.807, 2.05) is 0 Å². The van der Waals surface area contributed by atoms with Crippen molar-refractivity contribution in [2.75, 3.05) is 33.4 Å². The van der Waals surface area contributed by atoms with Crippen molar-refractivity contribution in [2.45, 2.75) is 17.1 Å². The number of ether oxygens (including phenoxy) is 1. The number of piperidine rings is 1. The van der Waals surface area contributed by atoms with Gasteiger partial charge in [-0.15, -0.1) is 11.3 Å². The van der Waals surface area contributed by atoms with Crippen molar-refractivity contribution in [3.8, 4) is 0 Å². The van der Waals surface area contributed by atoms with Gasteiger partial charge in [0, 0.05) is 19.1 Å². The molecule has 1 aliphatic rings. The first-order chi connectivity index (χ1) is 9.47. The first-order valence-electron chi connectivity index (χ1n) is 6.42. The number of hydrogen-bond acceptors (Lipinski definition) is 5. The summed E-state index contributed by atoms with van der Waals surface area (Å²) < 4.78 is 33.1. The van der Waals surface area contributed by atoms with Gasteiger partial charge in [0.15, 0.2) is 0 Å². The number of halogens is 1. The molecule has 0 bridgehead atoms. The summed E-state index contributed by atoms with van der Waals surface area (Å²) >= 11 is 6.86. The molecule has 114 valence electrons. The SMILES string of the molecule is COCC1(CNS(=O)(=O)c2ccc(Cl)s2)CCNCC1. The smallest absolute Gasteiger partial charge is 0.250 e. The summed E-state index contributed by atoms with van der Waals surface area (Å²) in [5, 5.41) is 3.28. The van der Waals surface area contributed by atoms with Crippen molar-refractivity contribution in [3.63, 3.8) is 0 Å². The van der Waals surface area contributed by atoms with Gasteiger partial charge in [-0.25, -0.2) is 13.1 Å². The molecule has 0 saturated carbocycles. The van der Waals surface area contributed by atoms with E-state index < -0.39 is 10.0 Å². The van der Waals surface area contributed by atoms with E-state index >= 15 is 0 Å². The third-order valence-electron chi connectivity index (χ3n) is 3.57. The van der Waals surface area contributed by atoms with Gasteiger partial charge in [0.05, 0.1) is 10.9 Å². The molecule has 0 radical (unpaired) electrons. The molecule has 0 amide bonds. The highest BCUT2D eigenvalue weighted by atomic mass is 35.5. The first-order valence-corrected chi connectivity index (χ1v) is 9.10. The molecule has 1 fully saturated rings. The third-order valence-corrected chi connectivity index (χ3v) is 6.69. The van der Waals surface area contributed by atoms with Crippen LogP contribution in [0.15, 0.2) is 16.3 Å². The van der Waals surface area contributed by atoms with Gasteiger partial charge in [-0.3, -0.25) is 0 Å². The maximum Gasteiger partial charge on any atom is 0.250 e. The summed E-state index contributed by atoms with van der Waals surface area (Å²) in [5.41, 5.74) is -0.131. The highest BCUT2D eigenvalue weighted by molar-refractivity contribution is 7.91. The highest BCUT2D eigenvalue weighted by Crippen LogP contribution is 2.30. The first kappa shape index (κ1) is 16.2. The van der Waals surface area contributed by atoms with Gasteiger partial charge in [0.1, 0.15) is 4.21 Å². The Kier molecular flexibility index (Phi) is 5.44. The van der Waals surface area contributed by atoms with Gasteiger partial charge >= 0.3 is 0 Å². The van der Waals surface area contributed by atoms with Crippen LogP contribution in [0.3, 0.4) is 0 Å². The molecule has 2 rings (SSSR count). The Balaban J connectivity index is 2.05. The van der Waals surface area contributed by atoms with Crippen LogP contribution in [0.5, 0.6) is 0 Å². The van der Waals surface area contributed by atoms with E-state index in [-0.39, 0.29) is 9.62 Å². The minimum atomic E-state index is -3.49.